The van der Waals surface area contributed by atoms with Crippen LogP contribution in [0.15, 0.2) is 54.9 Å². The molecule has 0 aliphatic heterocycles. The standard InChI is InChI=1S/C19H14F6N4O/c20-18(21,22)13-9-12(10-14(11-13)19(23,24)25)17(30)27-6-8-29-7-4-16(28-29)15-3-1-2-5-26-15/h1-5,7,9-11H,6,8H2,(H,27,30). The van der Waals surface area contributed by atoms with Crippen molar-refractivity contribution in [3.63, 3.8) is 0 Å². The number of aromatic nitrogens is 3. The Labute approximate surface area is 166 Å². The lowest BCUT2D eigenvalue weighted by molar-refractivity contribution is -0.143. The number of halogens is 6. The zero-order valence-corrected chi connectivity index (χ0v) is 15.1. The van der Waals surface area contributed by atoms with E-state index in [4.69, 9.17) is 0 Å². The van der Waals surface area contributed by atoms with Gasteiger partial charge in [0.15, 0.2) is 0 Å². The second-order valence-corrected chi connectivity index (χ2v) is 6.23. The molecule has 3 aromatic rings. The van der Waals surface area contributed by atoms with Crippen LogP contribution in [0, 0.1) is 0 Å². The molecular weight excluding hydrogens is 414 g/mol. The number of nitrogens with zero attached hydrogens (tertiary/aromatic N) is 3. The Kier molecular flexibility index (Phi) is 5.81. The van der Waals surface area contributed by atoms with E-state index < -0.39 is 35.0 Å². The summed E-state index contributed by atoms with van der Waals surface area (Å²) in [5.74, 6) is -1.05. The fourth-order valence-corrected chi connectivity index (χ4v) is 2.61. The van der Waals surface area contributed by atoms with Gasteiger partial charge in [-0.25, -0.2) is 0 Å². The first kappa shape index (κ1) is 21.3. The molecule has 0 aliphatic carbocycles. The highest BCUT2D eigenvalue weighted by Gasteiger charge is 2.37. The van der Waals surface area contributed by atoms with Gasteiger partial charge in [0.05, 0.1) is 23.4 Å². The zero-order chi connectivity index (χ0) is 21.9. The molecular formula is C19H14F6N4O. The van der Waals surface area contributed by atoms with Gasteiger partial charge in [-0.15, -0.1) is 0 Å². The normalized spacial score (nSPS) is 12.1. The fraction of sp³-hybridized carbons (Fsp3) is 0.211. The van der Waals surface area contributed by atoms with E-state index in [1.807, 2.05) is 0 Å². The molecule has 0 fully saturated rings. The van der Waals surface area contributed by atoms with Gasteiger partial charge in [0.2, 0.25) is 0 Å². The van der Waals surface area contributed by atoms with Crippen LogP contribution in [0.5, 0.6) is 0 Å². The minimum Gasteiger partial charge on any atom is -0.350 e. The number of hydrogen-bond donors (Lipinski definition) is 1. The van der Waals surface area contributed by atoms with Crippen molar-refractivity contribution in [2.45, 2.75) is 18.9 Å². The number of alkyl halides is 6. The van der Waals surface area contributed by atoms with Gasteiger partial charge in [-0.05, 0) is 36.4 Å². The number of benzene rings is 1. The molecule has 0 bridgehead atoms. The number of rotatable bonds is 5. The quantitative estimate of drug-likeness (QED) is 0.613. The predicted octanol–water partition coefficient (Wildman–Crippen LogP) is 4.41. The average Bonchev–Trinajstić information content (AvgIpc) is 3.16. The second-order valence-electron chi connectivity index (χ2n) is 6.23. The maximum absolute atomic E-state index is 12.9. The second kappa shape index (κ2) is 8.17. The highest BCUT2D eigenvalue weighted by molar-refractivity contribution is 5.94. The Morgan fingerprint density at radius 2 is 1.60 bits per heavy atom. The van der Waals surface area contributed by atoms with E-state index in [1.54, 1.807) is 36.7 Å². The van der Waals surface area contributed by atoms with Crippen molar-refractivity contribution in [2.24, 2.45) is 0 Å². The predicted molar refractivity (Wildman–Crippen MR) is 94.2 cm³/mol. The van der Waals surface area contributed by atoms with E-state index >= 15 is 0 Å². The van der Waals surface area contributed by atoms with Crippen LogP contribution in [0.2, 0.25) is 0 Å². The largest absolute Gasteiger partial charge is 0.416 e. The highest BCUT2D eigenvalue weighted by atomic mass is 19.4. The van der Waals surface area contributed by atoms with Gasteiger partial charge in [0.25, 0.3) is 5.91 Å². The van der Waals surface area contributed by atoms with Crippen molar-refractivity contribution in [1.82, 2.24) is 20.1 Å². The molecule has 0 saturated carbocycles. The summed E-state index contributed by atoms with van der Waals surface area (Å²) >= 11 is 0. The van der Waals surface area contributed by atoms with Gasteiger partial charge in [-0.2, -0.15) is 31.4 Å². The number of carbonyl (C=O) groups excluding carboxylic acids is 1. The molecule has 1 amide bonds. The maximum Gasteiger partial charge on any atom is 0.416 e. The lowest BCUT2D eigenvalue weighted by Gasteiger charge is -2.14. The Morgan fingerprint density at radius 3 is 2.17 bits per heavy atom. The van der Waals surface area contributed by atoms with Gasteiger partial charge in [0.1, 0.15) is 5.69 Å². The molecule has 1 aromatic carbocycles. The molecule has 158 valence electrons. The summed E-state index contributed by atoms with van der Waals surface area (Å²) in [6.07, 6.45) is -6.83. The summed E-state index contributed by atoms with van der Waals surface area (Å²) in [7, 11) is 0. The van der Waals surface area contributed by atoms with Crippen LogP contribution >= 0.6 is 0 Å². The molecule has 0 spiro atoms. The number of hydrogen-bond acceptors (Lipinski definition) is 3. The van der Waals surface area contributed by atoms with Gasteiger partial charge >= 0.3 is 12.4 Å². The zero-order valence-electron chi connectivity index (χ0n) is 15.1. The summed E-state index contributed by atoms with van der Waals surface area (Å²) in [6.45, 7) is 0.101. The van der Waals surface area contributed by atoms with Crippen molar-refractivity contribution in [2.75, 3.05) is 6.54 Å². The molecule has 3 rings (SSSR count). The summed E-state index contributed by atoms with van der Waals surface area (Å²) in [5, 5.41) is 6.55. The van der Waals surface area contributed by atoms with Crippen molar-refractivity contribution in [1.29, 1.82) is 0 Å². The fourth-order valence-electron chi connectivity index (χ4n) is 2.61. The number of carbonyl (C=O) groups is 1. The monoisotopic (exact) mass is 428 g/mol. The van der Waals surface area contributed by atoms with Crippen molar-refractivity contribution >= 4 is 5.91 Å². The molecule has 0 unspecified atom stereocenters. The Bertz CT molecular complexity index is 995. The van der Waals surface area contributed by atoms with E-state index in [1.165, 1.54) is 4.68 Å². The third-order valence-corrected chi connectivity index (χ3v) is 4.04. The molecule has 2 aromatic heterocycles. The van der Waals surface area contributed by atoms with Crippen LogP contribution < -0.4 is 5.32 Å². The molecule has 5 nitrogen and oxygen atoms in total. The van der Waals surface area contributed by atoms with E-state index in [-0.39, 0.29) is 19.2 Å². The summed E-state index contributed by atoms with van der Waals surface area (Å²) in [5.41, 5.74) is -2.62. The van der Waals surface area contributed by atoms with Gasteiger partial charge in [0, 0.05) is 24.5 Å². The Morgan fingerprint density at radius 1 is 0.933 bits per heavy atom. The molecule has 0 atom stereocenters. The summed E-state index contributed by atoms with van der Waals surface area (Å²) < 4.78 is 78.9. The van der Waals surface area contributed by atoms with E-state index in [2.05, 4.69) is 15.4 Å². The first-order valence-corrected chi connectivity index (χ1v) is 8.56. The summed E-state index contributed by atoms with van der Waals surface area (Å²) in [4.78, 5) is 16.3. The van der Waals surface area contributed by atoms with Crippen LogP contribution in [0.4, 0.5) is 26.3 Å². The van der Waals surface area contributed by atoms with Crippen LogP contribution in [0.3, 0.4) is 0 Å². The SMILES string of the molecule is O=C(NCCn1ccc(-c2ccccn2)n1)c1cc(C(F)(F)F)cc(C(F)(F)F)c1. The Hall–Kier alpha value is -3.37. The summed E-state index contributed by atoms with van der Waals surface area (Å²) in [6, 6.07) is 7.71. The van der Waals surface area contributed by atoms with E-state index in [9.17, 15) is 31.1 Å². The molecule has 2 heterocycles. The average molecular weight is 428 g/mol. The molecule has 0 aliphatic rings. The topological polar surface area (TPSA) is 59.8 Å². The van der Waals surface area contributed by atoms with Gasteiger partial charge < -0.3 is 5.32 Å². The van der Waals surface area contributed by atoms with E-state index in [0.717, 1.165) is 0 Å². The van der Waals surface area contributed by atoms with Crippen LogP contribution in [0.1, 0.15) is 21.5 Å². The number of pyridine rings is 1. The first-order chi connectivity index (χ1) is 14.0. The molecule has 11 heteroatoms. The molecule has 1 N–H and O–H groups in total. The third-order valence-electron chi connectivity index (χ3n) is 4.04. The van der Waals surface area contributed by atoms with Gasteiger partial charge in [-0.1, -0.05) is 6.07 Å². The minimum absolute atomic E-state index is 0.0281. The minimum atomic E-state index is -5.02. The Balaban J connectivity index is 1.68. The maximum atomic E-state index is 12.9. The smallest absolute Gasteiger partial charge is 0.350 e. The lowest BCUT2D eigenvalue weighted by Crippen LogP contribution is -2.28. The van der Waals surface area contributed by atoms with Crippen molar-refractivity contribution < 1.29 is 31.1 Å². The molecule has 30 heavy (non-hydrogen) atoms. The lowest BCUT2D eigenvalue weighted by atomic mass is 10.0. The third kappa shape index (κ3) is 5.16. The van der Waals surface area contributed by atoms with Crippen LogP contribution in [-0.4, -0.2) is 27.2 Å². The van der Waals surface area contributed by atoms with Crippen molar-refractivity contribution in [3.05, 3.63) is 71.5 Å². The molecule has 0 radical (unpaired) electrons. The highest BCUT2D eigenvalue weighted by Crippen LogP contribution is 2.36. The van der Waals surface area contributed by atoms with Crippen LogP contribution in [-0.2, 0) is 18.9 Å². The number of amides is 1. The first-order valence-electron chi connectivity index (χ1n) is 8.56. The molecule has 0 saturated heterocycles. The van der Waals surface area contributed by atoms with Crippen LogP contribution in [0.25, 0.3) is 11.4 Å². The van der Waals surface area contributed by atoms with E-state index in [0.29, 0.717) is 23.5 Å². The van der Waals surface area contributed by atoms with Gasteiger partial charge in [-0.3, -0.25) is 14.5 Å². The number of nitrogens with one attached hydrogen (secondary N) is 1. The van der Waals surface area contributed by atoms with Crippen molar-refractivity contribution in [3.8, 4) is 11.4 Å².